The Morgan fingerprint density at radius 2 is 1.91 bits per heavy atom. The van der Waals surface area contributed by atoms with Gasteiger partial charge in [-0.05, 0) is 60.9 Å². The van der Waals surface area contributed by atoms with Gasteiger partial charge in [0.15, 0.2) is 11.5 Å². The van der Waals surface area contributed by atoms with Crippen molar-refractivity contribution in [3.63, 3.8) is 0 Å². The second-order valence-electron chi connectivity index (χ2n) is 13.2. The smallest absolute Gasteiger partial charge is 0.308 e. The average Bonchev–Trinajstić information content (AvgIpc) is 3.31. The van der Waals surface area contributed by atoms with Crippen LogP contribution < -0.4 is 9.47 Å². The zero-order valence-electron chi connectivity index (χ0n) is 26.2. The number of ether oxygens (including phenoxy) is 3. The highest BCUT2D eigenvalue weighted by atomic mass is 35.5. The molecule has 10 heteroatoms. The summed E-state index contributed by atoms with van der Waals surface area (Å²) in [5, 5.41) is 0.839. The van der Waals surface area contributed by atoms with Crippen molar-refractivity contribution < 1.29 is 28.6 Å². The molecule has 2 aromatic carbocycles. The fourth-order valence-electron chi connectivity index (χ4n) is 8.71. The second kappa shape index (κ2) is 11.9. The number of carbonyl (C=O) groups is 3. The van der Waals surface area contributed by atoms with Crippen molar-refractivity contribution in [1.82, 2.24) is 9.80 Å². The maximum Gasteiger partial charge on any atom is 0.308 e. The molecular weight excluding hydrogens is 615 g/mol. The van der Waals surface area contributed by atoms with Gasteiger partial charge < -0.3 is 19.1 Å². The van der Waals surface area contributed by atoms with Crippen molar-refractivity contribution in [2.24, 2.45) is 5.92 Å². The highest BCUT2D eigenvalue weighted by Crippen LogP contribution is 2.67. The van der Waals surface area contributed by atoms with Crippen LogP contribution in [-0.2, 0) is 37.4 Å². The lowest BCUT2D eigenvalue weighted by atomic mass is 9.48. The van der Waals surface area contributed by atoms with Crippen LogP contribution in [0, 0.1) is 5.92 Å². The molecule has 8 nitrogen and oxygen atoms in total. The molecule has 2 fully saturated rings. The maximum atomic E-state index is 14.3. The first kappa shape index (κ1) is 31.9. The van der Waals surface area contributed by atoms with E-state index in [0.717, 1.165) is 23.2 Å². The van der Waals surface area contributed by atoms with E-state index < -0.39 is 23.1 Å². The third-order valence-electron chi connectivity index (χ3n) is 10.1. The molecule has 2 aliphatic carbocycles. The van der Waals surface area contributed by atoms with Crippen LogP contribution in [0.4, 0.5) is 0 Å². The quantitative estimate of drug-likeness (QED) is 0.188. The van der Waals surface area contributed by atoms with E-state index in [0.29, 0.717) is 60.3 Å². The lowest BCUT2D eigenvalue weighted by Crippen LogP contribution is -2.79. The number of nitrogens with zero attached hydrogens (tertiary/aromatic N) is 2. The summed E-state index contributed by atoms with van der Waals surface area (Å²) in [5.41, 5.74) is 1.17. The van der Waals surface area contributed by atoms with E-state index in [1.54, 1.807) is 18.2 Å². The van der Waals surface area contributed by atoms with E-state index in [-0.39, 0.29) is 36.3 Å². The van der Waals surface area contributed by atoms with Gasteiger partial charge in [-0.15, -0.1) is 6.58 Å². The fraction of sp³-hybridized carbons (Fsp3) is 0.514. The Balaban J connectivity index is 1.50. The Bertz CT molecular complexity index is 1560. The van der Waals surface area contributed by atoms with Gasteiger partial charge in [-0.3, -0.25) is 19.3 Å². The predicted octanol–water partition coefficient (Wildman–Crippen LogP) is 5.93. The Morgan fingerprint density at radius 1 is 1.13 bits per heavy atom. The molecule has 2 bridgehead atoms. The molecular formula is C35H40Cl2N2O6. The Hall–Kier alpha value is -3.07. The van der Waals surface area contributed by atoms with Gasteiger partial charge in [-0.1, -0.05) is 55.3 Å². The number of amides is 1. The summed E-state index contributed by atoms with van der Waals surface area (Å²) in [6, 6.07) is 8.65. The van der Waals surface area contributed by atoms with E-state index in [1.165, 1.54) is 13.8 Å². The zero-order chi connectivity index (χ0) is 32.3. The first-order valence-electron chi connectivity index (χ1n) is 15.7. The molecule has 0 unspecified atom stereocenters. The van der Waals surface area contributed by atoms with Crippen LogP contribution >= 0.6 is 23.2 Å². The number of hydrogen-bond acceptors (Lipinski definition) is 7. The van der Waals surface area contributed by atoms with Gasteiger partial charge in [0.05, 0.1) is 34.0 Å². The SMILES string of the molecule is C=CCN1CC[C@]23c4c5ccc(OC(C)=O)c4O[C@H]2[C@@H](N(CC(C)C)C(=O)Cc2ccc(Cl)c(Cl)c2)CC[C@@]3(OC(C)=O)[C@H]1C5. The van der Waals surface area contributed by atoms with Crippen LogP contribution in [0.15, 0.2) is 43.0 Å². The first-order valence-corrected chi connectivity index (χ1v) is 16.5. The van der Waals surface area contributed by atoms with Crippen molar-refractivity contribution in [2.75, 3.05) is 19.6 Å². The molecule has 5 atom stereocenters. The van der Waals surface area contributed by atoms with Crippen LogP contribution in [0.3, 0.4) is 0 Å². The number of piperidine rings is 1. The molecule has 1 spiro atoms. The van der Waals surface area contributed by atoms with Gasteiger partial charge >= 0.3 is 11.9 Å². The van der Waals surface area contributed by atoms with Gasteiger partial charge in [0, 0.05) is 39.0 Å². The molecule has 1 saturated carbocycles. The summed E-state index contributed by atoms with van der Waals surface area (Å²) in [7, 11) is 0. The number of esters is 2. The monoisotopic (exact) mass is 654 g/mol. The Kier molecular flexibility index (Phi) is 8.46. The minimum Gasteiger partial charge on any atom is -0.483 e. The topological polar surface area (TPSA) is 85.4 Å². The Labute approximate surface area is 274 Å². The van der Waals surface area contributed by atoms with Crippen LogP contribution in [0.2, 0.25) is 10.0 Å². The standard InChI is InChI=1S/C35H40Cl2N2O6/c1-6-14-38-15-13-34-31-24-8-10-28(43-21(4)40)32(31)44-33(34)27(11-12-35(34,29(38)18-24)45-22(5)41)39(19-20(2)3)30(42)17-23-7-9-25(36)26(37)16-23/h6-10,16,20,27,29,33H,1,11-15,17-19H2,2-5H3/t27-,29+,33-,34-,35+/m0/s1. The van der Waals surface area contributed by atoms with E-state index in [9.17, 15) is 14.4 Å². The molecule has 0 N–H and O–H groups in total. The summed E-state index contributed by atoms with van der Waals surface area (Å²) in [6.45, 7) is 12.9. The third kappa shape index (κ3) is 5.13. The van der Waals surface area contributed by atoms with Crippen molar-refractivity contribution in [2.45, 2.75) is 89.0 Å². The number of likely N-dealkylation sites (tertiary alicyclic amines) is 1. The lowest BCUT2D eigenvalue weighted by Gasteiger charge is -2.65. The lowest BCUT2D eigenvalue weighted by molar-refractivity contribution is -0.223. The van der Waals surface area contributed by atoms with Gasteiger partial charge in [-0.2, -0.15) is 0 Å². The minimum absolute atomic E-state index is 0.0417. The fourth-order valence-corrected chi connectivity index (χ4v) is 9.03. The highest BCUT2D eigenvalue weighted by Gasteiger charge is 2.75. The molecule has 4 aliphatic rings. The number of carbonyl (C=O) groups excluding carboxylic acids is 3. The van der Waals surface area contributed by atoms with Crippen LogP contribution in [0.1, 0.15) is 63.6 Å². The third-order valence-corrected chi connectivity index (χ3v) is 10.8. The molecule has 6 rings (SSSR count). The largest absolute Gasteiger partial charge is 0.483 e. The van der Waals surface area contributed by atoms with Gasteiger partial charge in [-0.25, -0.2) is 0 Å². The van der Waals surface area contributed by atoms with Gasteiger partial charge in [0.25, 0.3) is 0 Å². The maximum absolute atomic E-state index is 14.3. The van der Waals surface area contributed by atoms with Crippen LogP contribution in [0.25, 0.3) is 0 Å². The Morgan fingerprint density at radius 3 is 2.58 bits per heavy atom. The summed E-state index contributed by atoms with van der Waals surface area (Å²) in [4.78, 5) is 43.8. The van der Waals surface area contributed by atoms with Crippen LogP contribution in [-0.4, -0.2) is 71.1 Å². The van der Waals surface area contributed by atoms with Gasteiger partial charge in [0.2, 0.25) is 5.91 Å². The number of benzene rings is 2. The zero-order valence-corrected chi connectivity index (χ0v) is 27.7. The van der Waals surface area contributed by atoms with Crippen molar-refractivity contribution in [3.8, 4) is 11.5 Å². The minimum atomic E-state index is -0.898. The predicted molar refractivity (Wildman–Crippen MR) is 172 cm³/mol. The molecule has 2 aliphatic heterocycles. The van der Waals surface area contributed by atoms with E-state index in [1.807, 2.05) is 23.1 Å². The summed E-state index contributed by atoms with van der Waals surface area (Å²) in [6.07, 6.45) is 3.95. The first-order chi connectivity index (χ1) is 21.4. The second-order valence-corrected chi connectivity index (χ2v) is 14.1. The summed E-state index contributed by atoms with van der Waals surface area (Å²) < 4.78 is 19.2. The van der Waals surface area contributed by atoms with Crippen molar-refractivity contribution in [1.29, 1.82) is 0 Å². The number of hydrogen-bond donors (Lipinski definition) is 0. The molecule has 1 amide bonds. The molecule has 0 radical (unpaired) electrons. The molecule has 2 heterocycles. The van der Waals surface area contributed by atoms with Crippen molar-refractivity contribution >= 4 is 41.0 Å². The summed E-state index contributed by atoms with van der Waals surface area (Å²) >= 11 is 12.5. The number of halogens is 2. The molecule has 2 aromatic rings. The molecule has 240 valence electrons. The van der Waals surface area contributed by atoms with Crippen molar-refractivity contribution in [3.05, 3.63) is 69.7 Å². The van der Waals surface area contributed by atoms with E-state index >= 15 is 0 Å². The summed E-state index contributed by atoms with van der Waals surface area (Å²) in [5.74, 6) is 0.223. The average molecular weight is 656 g/mol. The van der Waals surface area contributed by atoms with E-state index in [2.05, 4.69) is 25.3 Å². The van der Waals surface area contributed by atoms with E-state index in [4.69, 9.17) is 37.4 Å². The molecule has 45 heavy (non-hydrogen) atoms. The molecule has 1 saturated heterocycles. The van der Waals surface area contributed by atoms with Gasteiger partial charge in [0.1, 0.15) is 11.7 Å². The number of rotatable bonds is 9. The normalized spacial score (nSPS) is 27.8. The van der Waals surface area contributed by atoms with Crippen LogP contribution in [0.5, 0.6) is 11.5 Å². The molecule has 0 aromatic heterocycles. The highest BCUT2D eigenvalue weighted by molar-refractivity contribution is 6.42.